The van der Waals surface area contributed by atoms with Crippen molar-refractivity contribution in [3.63, 3.8) is 0 Å². The standard InChI is InChI=1S/C12HF25S/c13-1(14,3(17,18)5(21,22)7(25,26)9(29,30)11(33,34)35)2(15,16)4(19,20)6(23,24)8(27,28)10(31,32)12(36,37)38/h38H. The van der Waals surface area contributed by atoms with Crippen LogP contribution in [0, 0.1) is 0 Å². The third kappa shape index (κ3) is 4.10. The average molecular weight is 652 g/mol. The van der Waals surface area contributed by atoms with Crippen LogP contribution in [0.15, 0.2) is 0 Å². The van der Waals surface area contributed by atoms with Crippen LogP contribution in [-0.2, 0) is 0 Å². The van der Waals surface area contributed by atoms with Crippen molar-refractivity contribution < 1.29 is 110 Å². The fourth-order valence-corrected chi connectivity index (χ4v) is 2.08. The van der Waals surface area contributed by atoms with Crippen LogP contribution in [0.4, 0.5) is 110 Å². The first kappa shape index (κ1) is 36.6. The molecule has 230 valence electrons. The molecule has 0 aliphatic carbocycles. The number of halogens is 25. The van der Waals surface area contributed by atoms with Gasteiger partial charge < -0.3 is 0 Å². The molecule has 0 unspecified atom stereocenters. The smallest absolute Gasteiger partial charge is 0.192 e. The maximum absolute atomic E-state index is 13.4. The van der Waals surface area contributed by atoms with Gasteiger partial charge in [0.15, 0.2) is 0 Å². The molecule has 0 bridgehead atoms. The van der Waals surface area contributed by atoms with Gasteiger partial charge >= 0.3 is 70.7 Å². The molecule has 0 aromatic carbocycles. The monoisotopic (exact) mass is 652 g/mol. The van der Waals surface area contributed by atoms with Gasteiger partial charge in [-0.15, -0.1) is 0 Å². The topological polar surface area (TPSA) is 0 Å². The van der Waals surface area contributed by atoms with E-state index in [0.29, 0.717) is 0 Å². The predicted octanol–water partition coefficient (Wildman–Crippen LogP) is 8.42. The van der Waals surface area contributed by atoms with Crippen molar-refractivity contribution in [2.24, 2.45) is 0 Å². The summed E-state index contributed by atoms with van der Waals surface area (Å²) < 4.78 is 323. The van der Waals surface area contributed by atoms with E-state index in [2.05, 4.69) is 0 Å². The summed E-state index contributed by atoms with van der Waals surface area (Å²) >= 11 is 1.21. The maximum Gasteiger partial charge on any atom is 0.460 e. The Hall–Kier alpha value is -1.40. The molecule has 0 radical (unpaired) electrons. The lowest BCUT2D eigenvalue weighted by Crippen LogP contribution is -2.78. The molecule has 0 atom stereocenters. The van der Waals surface area contributed by atoms with E-state index in [-0.39, 0.29) is 0 Å². The van der Waals surface area contributed by atoms with E-state index in [0.717, 1.165) is 0 Å². The molecule has 0 fully saturated rings. The lowest BCUT2D eigenvalue weighted by atomic mass is 9.85. The summed E-state index contributed by atoms with van der Waals surface area (Å²) in [7, 11) is 0. The normalized spacial score (nSPS) is 17.2. The van der Waals surface area contributed by atoms with E-state index in [4.69, 9.17) is 0 Å². The highest BCUT2D eigenvalue weighted by atomic mass is 32.1. The zero-order valence-corrected chi connectivity index (χ0v) is 16.8. The Bertz CT molecular complexity index is 798. The van der Waals surface area contributed by atoms with Crippen molar-refractivity contribution in [2.75, 3.05) is 0 Å². The molecule has 0 amide bonds. The third-order valence-electron chi connectivity index (χ3n) is 4.28. The minimum absolute atomic E-state index is 1.21. The zero-order valence-electron chi connectivity index (χ0n) is 15.9. The summed E-state index contributed by atoms with van der Waals surface area (Å²) in [6.45, 7) is 0. The molecule has 0 nitrogen and oxygen atoms in total. The van der Waals surface area contributed by atoms with Crippen molar-refractivity contribution in [3.05, 3.63) is 0 Å². The molecule has 0 aliphatic heterocycles. The minimum atomic E-state index is -9.57. The lowest BCUT2D eigenvalue weighted by molar-refractivity contribution is -0.480. The largest absolute Gasteiger partial charge is 0.460 e. The molecule has 0 heterocycles. The Balaban J connectivity index is 7.29. The molecule has 0 aromatic rings. The maximum atomic E-state index is 13.4. The summed E-state index contributed by atoms with van der Waals surface area (Å²) in [4.78, 5) is 0. The first-order valence-corrected chi connectivity index (χ1v) is 8.15. The van der Waals surface area contributed by atoms with Crippen LogP contribution in [0.5, 0.6) is 0 Å². The van der Waals surface area contributed by atoms with Gasteiger partial charge in [-0.3, -0.25) is 0 Å². The van der Waals surface area contributed by atoms with Crippen LogP contribution in [-0.4, -0.2) is 70.7 Å². The fraction of sp³-hybridized carbons (Fsp3) is 1.00. The van der Waals surface area contributed by atoms with Crippen molar-refractivity contribution in [1.29, 1.82) is 0 Å². The van der Waals surface area contributed by atoms with Gasteiger partial charge in [0, 0.05) is 0 Å². The fourth-order valence-electron chi connectivity index (χ4n) is 1.94. The molecular weight excluding hydrogens is 651 g/mol. The quantitative estimate of drug-likeness (QED) is 0.178. The Morgan fingerprint density at radius 2 is 0.342 bits per heavy atom. The molecule has 0 saturated carbocycles. The second kappa shape index (κ2) is 8.55. The molecular formula is C12HF25S. The zero-order chi connectivity index (χ0) is 32.0. The third-order valence-corrected chi connectivity index (χ3v) is 4.56. The molecule has 0 N–H and O–H groups in total. The molecule has 0 saturated heterocycles. The molecule has 0 spiro atoms. The van der Waals surface area contributed by atoms with Gasteiger partial charge in [0.05, 0.1) is 0 Å². The lowest BCUT2D eigenvalue weighted by Gasteiger charge is -2.45. The van der Waals surface area contributed by atoms with Crippen LogP contribution < -0.4 is 0 Å². The van der Waals surface area contributed by atoms with Crippen LogP contribution in [0.3, 0.4) is 0 Å². The van der Waals surface area contributed by atoms with Crippen LogP contribution in [0.2, 0.25) is 0 Å². The first-order chi connectivity index (χ1) is 15.8. The van der Waals surface area contributed by atoms with E-state index in [1.165, 1.54) is 12.6 Å². The second-order valence-corrected chi connectivity index (χ2v) is 7.34. The molecule has 0 rings (SSSR count). The first-order valence-electron chi connectivity index (χ1n) is 7.70. The number of rotatable bonds is 10. The van der Waals surface area contributed by atoms with E-state index in [1.807, 2.05) is 0 Å². The Labute approximate surface area is 194 Å². The second-order valence-electron chi connectivity index (χ2n) is 6.78. The van der Waals surface area contributed by atoms with E-state index in [1.54, 1.807) is 0 Å². The van der Waals surface area contributed by atoms with Crippen LogP contribution >= 0.6 is 12.6 Å². The van der Waals surface area contributed by atoms with Gasteiger partial charge in [-0.2, -0.15) is 110 Å². The van der Waals surface area contributed by atoms with Crippen molar-refractivity contribution >= 4 is 12.6 Å². The van der Waals surface area contributed by atoms with E-state index < -0.39 is 70.7 Å². The van der Waals surface area contributed by atoms with Gasteiger partial charge in [-0.25, -0.2) is 0 Å². The predicted molar refractivity (Wildman–Crippen MR) is 69.5 cm³/mol. The average Bonchev–Trinajstić information content (AvgIpc) is 2.64. The van der Waals surface area contributed by atoms with Crippen LogP contribution in [0.1, 0.15) is 0 Å². The highest BCUT2D eigenvalue weighted by molar-refractivity contribution is 7.81. The van der Waals surface area contributed by atoms with Crippen molar-refractivity contribution in [3.8, 4) is 0 Å². The van der Waals surface area contributed by atoms with Gasteiger partial charge in [0.2, 0.25) is 0 Å². The highest BCUT2D eigenvalue weighted by Crippen LogP contribution is 2.67. The van der Waals surface area contributed by atoms with Crippen molar-refractivity contribution in [2.45, 2.75) is 70.7 Å². The molecule has 0 aromatic heterocycles. The summed E-state index contributed by atoms with van der Waals surface area (Å²) in [5, 5.41) is -6.99. The highest BCUT2D eigenvalue weighted by Gasteiger charge is 2.99. The Kier molecular flexibility index (Phi) is 8.24. The molecule has 0 aliphatic rings. The Morgan fingerprint density at radius 3 is 0.474 bits per heavy atom. The minimum Gasteiger partial charge on any atom is -0.192 e. The number of thiol groups is 1. The SMILES string of the molecule is FC(F)(F)C(F)(F)C(F)(F)C(F)(F)C(F)(F)C(F)(F)C(F)(F)C(F)(F)C(F)(F)C(F)(F)C(F)(F)C(F)(F)S. The summed E-state index contributed by atoms with van der Waals surface area (Å²) in [6, 6.07) is 0. The Morgan fingerprint density at radius 1 is 0.211 bits per heavy atom. The van der Waals surface area contributed by atoms with Gasteiger partial charge in [0.25, 0.3) is 0 Å². The van der Waals surface area contributed by atoms with Gasteiger partial charge in [-0.05, 0) is 0 Å². The van der Waals surface area contributed by atoms with E-state index >= 15 is 0 Å². The summed E-state index contributed by atoms with van der Waals surface area (Å²) in [5.74, 6) is -91.3. The summed E-state index contributed by atoms with van der Waals surface area (Å²) in [5.41, 5.74) is 0. The molecule has 26 heteroatoms. The van der Waals surface area contributed by atoms with Crippen LogP contribution in [0.25, 0.3) is 0 Å². The van der Waals surface area contributed by atoms with Gasteiger partial charge in [0.1, 0.15) is 0 Å². The van der Waals surface area contributed by atoms with E-state index in [9.17, 15) is 110 Å². The summed E-state index contributed by atoms with van der Waals surface area (Å²) in [6.07, 6.45) is -8.16. The molecule has 38 heavy (non-hydrogen) atoms. The number of hydrogen-bond donors (Lipinski definition) is 1. The van der Waals surface area contributed by atoms with Gasteiger partial charge in [-0.1, -0.05) is 12.6 Å². The number of alkyl halides is 25. The van der Waals surface area contributed by atoms with Crippen molar-refractivity contribution in [1.82, 2.24) is 0 Å². The number of hydrogen-bond acceptors (Lipinski definition) is 1.